The van der Waals surface area contributed by atoms with E-state index in [1.165, 1.54) is 29.5 Å². The average molecular weight is 693 g/mol. The molecule has 0 aromatic heterocycles. The van der Waals surface area contributed by atoms with Gasteiger partial charge in [-0.15, -0.1) is 0 Å². The molecule has 7 nitrogen and oxygen atoms in total. The number of hydrogen-bond acceptors (Lipinski definition) is 5. The van der Waals surface area contributed by atoms with E-state index in [4.69, 9.17) is 5.73 Å². The van der Waals surface area contributed by atoms with E-state index in [0.717, 1.165) is 12.1 Å². The van der Waals surface area contributed by atoms with Crippen LogP contribution in [-0.4, -0.2) is 46.8 Å². The number of carbonyl (C=O) groups excluding carboxylic acids is 2. The fraction of sp³-hybridized carbons (Fsp3) is 0.361. The second kappa shape index (κ2) is 22.4. The molecule has 4 N–H and O–H groups in total. The monoisotopic (exact) mass is 692 g/mol. The summed E-state index contributed by atoms with van der Waals surface area (Å²) < 4.78 is 53.3. The molecule has 3 rings (SSSR count). The van der Waals surface area contributed by atoms with Gasteiger partial charge in [-0.2, -0.15) is 26.7 Å². The minimum atomic E-state index is -4.66. The Morgan fingerprint density at radius 2 is 1.54 bits per heavy atom. The first-order chi connectivity index (χ1) is 22.4. The second-order valence-corrected chi connectivity index (χ2v) is 10.1. The van der Waals surface area contributed by atoms with Crippen LogP contribution < -0.4 is 11.1 Å². The molecule has 0 fully saturated rings. The van der Waals surface area contributed by atoms with E-state index in [0.29, 0.717) is 22.9 Å². The minimum Gasteiger partial charge on any atom is -0.400 e. The van der Waals surface area contributed by atoms with Crippen LogP contribution in [0.15, 0.2) is 95.1 Å². The number of amides is 2. The number of aryl methyl sites for hydroxylation is 1. The molecule has 0 aliphatic heterocycles. The van der Waals surface area contributed by atoms with Crippen molar-refractivity contribution < 1.29 is 32.3 Å². The number of halogens is 4. The predicted molar refractivity (Wildman–Crippen MR) is 190 cm³/mol. The smallest absolute Gasteiger partial charge is 0.400 e. The van der Waals surface area contributed by atoms with Crippen LogP contribution in [0.4, 0.5) is 23.2 Å². The van der Waals surface area contributed by atoms with E-state index in [9.17, 15) is 32.3 Å². The minimum absolute atomic E-state index is 0. The Balaban J connectivity index is 0.00000348. The zero-order valence-corrected chi connectivity index (χ0v) is 29.4. The van der Waals surface area contributed by atoms with E-state index in [1.54, 1.807) is 56.3 Å². The number of nitrogens with two attached hydrogens (primary N) is 1. The number of carbonyl (C=O) groups is 2. The third-order valence-electron chi connectivity index (χ3n) is 6.51. The molecule has 2 amide bonds. The molecule has 0 heterocycles. The number of alkyl halides is 3. The number of benzene rings is 3. The molecule has 0 radical (unpaired) electrons. The van der Waals surface area contributed by atoms with Gasteiger partial charge in [0.25, 0.3) is 11.8 Å². The van der Waals surface area contributed by atoms with Gasteiger partial charge >= 0.3 is 6.18 Å². The van der Waals surface area contributed by atoms with Gasteiger partial charge in [-0.1, -0.05) is 70.5 Å². The average Bonchev–Trinajstić information content (AvgIpc) is 3.07. The van der Waals surface area contributed by atoms with E-state index in [2.05, 4.69) is 24.2 Å². The molecule has 0 bridgehead atoms. The Morgan fingerprint density at radius 1 is 0.958 bits per heavy atom. The van der Waals surface area contributed by atoms with E-state index < -0.39 is 42.0 Å². The topological polar surface area (TPSA) is 108 Å². The van der Waals surface area contributed by atoms with Gasteiger partial charge in [0.1, 0.15) is 17.7 Å². The molecule has 264 valence electrons. The summed E-state index contributed by atoms with van der Waals surface area (Å²) in [5.74, 6) is -1.77. The summed E-state index contributed by atoms with van der Waals surface area (Å²) in [4.78, 5) is 33.1. The summed E-state index contributed by atoms with van der Waals surface area (Å²) >= 11 is 0. The van der Waals surface area contributed by atoms with Gasteiger partial charge in [0.05, 0.1) is 17.9 Å². The van der Waals surface area contributed by atoms with Crippen LogP contribution in [0.5, 0.6) is 0 Å². The van der Waals surface area contributed by atoms with Gasteiger partial charge in [-0.25, -0.2) is 9.38 Å². The lowest BCUT2D eigenvalue weighted by Crippen LogP contribution is -2.51. The number of amidine groups is 1. The van der Waals surface area contributed by atoms with E-state index in [-0.39, 0.29) is 50.0 Å². The SMILES string of the molecule is CC.CCC.CCN(C(=O)C(CCc1ccc(F)cc1)NC(=O)c1cccc(C(F)(F)F)c1)C(=Nc1ccccc1)/C(C)=C(\N)CO.S. The van der Waals surface area contributed by atoms with Crippen molar-refractivity contribution >= 4 is 36.8 Å². The summed E-state index contributed by atoms with van der Waals surface area (Å²) in [5.41, 5.74) is 6.33. The number of para-hydroxylation sites is 1. The van der Waals surface area contributed by atoms with Crippen LogP contribution in [0.3, 0.4) is 0 Å². The first-order valence-electron chi connectivity index (χ1n) is 15.6. The Morgan fingerprint density at radius 3 is 2.06 bits per heavy atom. The number of aliphatic imine (C=N–C) groups is 1. The molecule has 1 unspecified atom stereocenters. The van der Waals surface area contributed by atoms with E-state index >= 15 is 0 Å². The molecule has 3 aromatic rings. The first kappa shape index (κ1) is 43.8. The third kappa shape index (κ3) is 13.9. The van der Waals surface area contributed by atoms with Gasteiger partial charge in [0.2, 0.25) is 0 Å². The number of likely N-dealkylation sites (N-methyl/N-ethyl adjacent to an activating group) is 1. The number of aliphatic hydroxyl groups is 1. The summed E-state index contributed by atoms with van der Waals surface area (Å²) in [6.45, 7) is 11.1. The number of nitrogens with zero attached hydrogens (tertiary/aromatic N) is 2. The Kier molecular flexibility index (Phi) is 20.5. The molecular formula is C36H48F4N4O3S. The highest BCUT2D eigenvalue weighted by molar-refractivity contribution is 7.59. The lowest BCUT2D eigenvalue weighted by Gasteiger charge is -2.29. The summed E-state index contributed by atoms with van der Waals surface area (Å²) in [6.07, 6.45) is -3.12. The van der Waals surface area contributed by atoms with Crippen molar-refractivity contribution in [1.29, 1.82) is 0 Å². The number of rotatable bonds is 10. The number of hydrogen-bond donors (Lipinski definition) is 3. The lowest BCUT2D eigenvalue weighted by atomic mass is 10.0. The van der Waals surface area contributed by atoms with Crippen LogP contribution in [0.25, 0.3) is 0 Å². The molecule has 1 atom stereocenters. The first-order valence-corrected chi connectivity index (χ1v) is 15.6. The Bertz CT molecular complexity index is 1460. The molecule has 0 saturated carbocycles. The van der Waals surface area contributed by atoms with Crippen molar-refractivity contribution in [3.63, 3.8) is 0 Å². The molecular weight excluding hydrogens is 644 g/mol. The second-order valence-electron chi connectivity index (χ2n) is 10.1. The Labute approximate surface area is 288 Å². The molecule has 0 saturated heterocycles. The molecule has 12 heteroatoms. The van der Waals surface area contributed by atoms with Gasteiger partial charge < -0.3 is 16.2 Å². The van der Waals surface area contributed by atoms with Gasteiger partial charge in [-0.3, -0.25) is 14.5 Å². The predicted octanol–water partition coefficient (Wildman–Crippen LogP) is 7.93. The largest absolute Gasteiger partial charge is 0.416 e. The van der Waals surface area contributed by atoms with E-state index in [1.807, 2.05) is 13.8 Å². The Hall–Kier alpha value is -4.16. The maximum absolute atomic E-state index is 14.1. The van der Waals surface area contributed by atoms with Crippen molar-refractivity contribution in [3.8, 4) is 0 Å². The van der Waals surface area contributed by atoms with Crippen LogP contribution in [0, 0.1) is 5.82 Å². The highest BCUT2D eigenvalue weighted by Gasteiger charge is 2.32. The van der Waals surface area contributed by atoms with Crippen LogP contribution in [0.2, 0.25) is 0 Å². The zero-order valence-electron chi connectivity index (χ0n) is 28.4. The summed E-state index contributed by atoms with van der Waals surface area (Å²) in [6, 6.07) is 17.0. The third-order valence-corrected chi connectivity index (χ3v) is 6.51. The van der Waals surface area contributed by atoms with Crippen LogP contribution >= 0.6 is 13.5 Å². The molecule has 48 heavy (non-hydrogen) atoms. The van der Waals surface area contributed by atoms with Crippen molar-refractivity contribution in [2.75, 3.05) is 13.2 Å². The lowest BCUT2D eigenvalue weighted by molar-refractivity contribution is -0.137. The molecule has 0 aliphatic carbocycles. The molecule has 0 aliphatic rings. The van der Waals surface area contributed by atoms with Crippen molar-refractivity contribution in [1.82, 2.24) is 10.2 Å². The fourth-order valence-electron chi connectivity index (χ4n) is 4.13. The maximum atomic E-state index is 14.1. The quantitative estimate of drug-likeness (QED) is 0.114. The van der Waals surface area contributed by atoms with Gasteiger partial charge in [0.15, 0.2) is 0 Å². The van der Waals surface area contributed by atoms with Gasteiger partial charge in [-0.05, 0) is 74.7 Å². The van der Waals surface area contributed by atoms with Crippen LogP contribution in [0.1, 0.15) is 75.9 Å². The molecule has 3 aromatic carbocycles. The fourth-order valence-corrected chi connectivity index (χ4v) is 4.13. The zero-order chi connectivity index (χ0) is 35.6. The summed E-state index contributed by atoms with van der Waals surface area (Å²) in [7, 11) is 0. The van der Waals surface area contributed by atoms with Crippen molar-refractivity contribution in [2.45, 2.75) is 73.0 Å². The number of nitrogens with one attached hydrogen (secondary N) is 1. The normalized spacial score (nSPS) is 12.1. The van der Waals surface area contributed by atoms with Crippen LogP contribution in [-0.2, 0) is 17.4 Å². The molecule has 0 spiro atoms. The van der Waals surface area contributed by atoms with Gasteiger partial charge in [0, 0.05) is 23.4 Å². The van der Waals surface area contributed by atoms with Crippen molar-refractivity contribution in [2.24, 2.45) is 10.7 Å². The van der Waals surface area contributed by atoms with Crippen molar-refractivity contribution in [3.05, 3.63) is 113 Å². The number of aliphatic hydroxyl groups excluding tert-OH is 1. The summed E-state index contributed by atoms with van der Waals surface area (Å²) in [5, 5.41) is 12.3. The highest BCUT2D eigenvalue weighted by Crippen LogP contribution is 2.29. The maximum Gasteiger partial charge on any atom is 0.416 e. The highest BCUT2D eigenvalue weighted by atomic mass is 32.1. The standard InChI is InChI=1S/C31H32F4N4O3.C3H8.C2H6.H2S/c1-3-39(28(20(2)26(36)19-40)37-25-10-5-4-6-11-25)30(42)27(17-14-21-12-15-24(32)16-13-21)38-29(41)22-8-7-9-23(18-22)31(33,34)35;1-3-2;1-2;/h4-13,15-16,18,27,40H,3,14,17,19,36H2,1-2H3,(H,38,41);3H2,1-2H3;1-2H3;1H2/b26-20-,37-28?;;;.